The molecule has 5 heteroatoms. The van der Waals surface area contributed by atoms with E-state index in [0.29, 0.717) is 16.6 Å². The second-order valence-electron chi connectivity index (χ2n) is 3.70. The highest BCUT2D eigenvalue weighted by Crippen LogP contribution is 2.31. The monoisotopic (exact) mass is 315 g/mol. The first kappa shape index (κ1) is 13.1. The van der Waals surface area contributed by atoms with Crippen LogP contribution in [0.5, 0.6) is 0 Å². The van der Waals surface area contributed by atoms with E-state index in [1.807, 2.05) is 6.07 Å². The van der Waals surface area contributed by atoms with Gasteiger partial charge in [-0.2, -0.15) is 13.2 Å². The minimum atomic E-state index is -4.42. The van der Waals surface area contributed by atoms with Gasteiger partial charge in [0.1, 0.15) is 5.69 Å². The summed E-state index contributed by atoms with van der Waals surface area (Å²) in [5.41, 5.74) is 0.903. The van der Waals surface area contributed by atoms with Gasteiger partial charge in [-0.05, 0) is 11.6 Å². The fraction of sp³-hybridized carbons (Fsp3) is 0.154. The number of halogens is 4. The van der Waals surface area contributed by atoms with Crippen LogP contribution in [-0.4, -0.2) is 4.98 Å². The largest absolute Gasteiger partial charge is 0.433 e. The molecule has 1 aromatic carbocycles. The molecule has 0 atom stereocenters. The molecule has 0 amide bonds. The Morgan fingerprint density at radius 1 is 1.00 bits per heavy atom. The highest BCUT2D eigenvalue weighted by molar-refractivity contribution is 9.08. The number of rotatable bonds is 2. The van der Waals surface area contributed by atoms with Crippen molar-refractivity contribution < 1.29 is 13.2 Å². The molecule has 2 aromatic rings. The Hall–Kier alpha value is -1.36. The predicted molar refractivity (Wildman–Crippen MR) is 67.3 cm³/mol. The van der Waals surface area contributed by atoms with Gasteiger partial charge in [0.2, 0.25) is 0 Å². The van der Waals surface area contributed by atoms with Crippen molar-refractivity contribution in [1.29, 1.82) is 0 Å². The van der Waals surface area contributed by atoms with Crippen LogP contribution in [0.15, 0.2) is 42.5 Å². The number of hydrogen-bond acceptors (Lipinski definition) is 1. The summed E-state index contributed by atoms with van der Waals surface area (Å²) in [5, 5.41) is 0.461. The van der Waals surface area contributed by atoms with Crippen molar-refractivity contribution in [2.24, 2.45) is 0 Å². The maximum atomic E-state index is 12.6. The normalized spacial score (nSPS) is 11.6. The molecule has 1 heterocycles. The summed E-state index contributed by atoms with van der Waals surface area (Å²) in [5.74, 6) is 0. The van der Waals surface area contributed by atoms with Gasteiger partial charge in [-0.15, -0.1) is 0 Å². The Kier molecular flexibility index (Phi) is 3.71. The third-order valence-corrected chi connectivity index (χ3v) is 3.06. The molecule has 0 saturated carbocycles. The van der Waals surface area contributed by atoms with Crippen LogP contribution < -0.4 is 0 Å². The lowest BCUT2D eigenvalue weighted by molar-refractivity contribution is -0.141. The molecule has 0 aliphatic rings. The minimum absolute atomic E-state index is 0.363. The van der Waals surface area contributed by atoms with Gasteiger partial charge in [0.25, 0.3) is 0 Å². The summed E-state index contributed by atoms with van der Waals surface area (Å²) in [6, 6.07) is 11.3. The molecule has 0 aliphatic carbocycles. The summed E-state index contributed by atoms with van der Waals surface area (Å²) in [6.07, 6.45) is -4.42. The maximum absolute atomic E-state index is 12.6. The van der Waals surface area contributed by atoms with Gasteiger partial charge in [-0.1, -0.05) is 52.3 Å². The number of alkyl halides is 4. The zero-order valence-electron chi connectivity index (χ0n) is 9.21. The Morgan fingerprint density at radius 2 is 1.67 bits per heavy atom. The van der Waals surface area contributed by atoms with Crippen molar-refractivity contribution in [3.8, 4) is 11.3 Å². The Labute approximate surface area is 111 Å². The Morgan fingerprint density at radius 3 is 2.22 bits per heavy atom. The van der Waals surface area contributed by atoms with E-state index >= 15 is 0 Å². The number of hydrogen-bond donors (Lipinski definition) is 0. The first-order valence-corrected chi connectivity index (χ1v) is 6.33. The molecule has 1 nitrogen and oxygen atoms in total. The van der Waals surface area contributed by atoms with Crippen molar-refractivity contribution in [2.45, 2.75) is 11.5 Å². The first-order chi connectivity index (χ1) is 8.52. The maximum Gasteiger partial charge on any atom is 0.433 e. The Bertz CT molecular complexity index is 538. The molecule has 94 valence electrons. The van der Waals surface area contributed by atoms with E-state index in [9.17, 15) is 13.2 Å². The van der Waals surface area contributed by atoms with E-state index in [1.165, 1.54) is 6.07 Å². The summed E-state index contributed by atoms with van der Waals surface area (Å²) >= 11 is 3.26. The lowest BCUT2D eigenvalue weighted by atomic mass is 10.1. The van der Waals surface area contributed by atoms with E-state index in [2.05, 4.69) is 20.9 Å². The molecule has 0 spiro atoms. The highest BCUT2D eigenvalue weighted by atomic mass is 79.9. The summed E-state index contributed by atoms with van der Waals surface area (Å²) in [4.78, 5) is 3.73. The van der Waals surface area contributed by atoms with Crippen molar-refractivity contribution in [3.63, 3.8) is 0 Å². The van der Waals surface area contributed by atoms with E-state index in [-0.39, 0.29) is 0 Å². The molecule has 0 bridgehead atoms. The molecule has 0 saturated heterocycles. The number of nitrogens with zero attached hydrogens (tertiary/aromatic N) is 1. The fourth-order valence-electron chi connectivity index (χ4n) is 1.60. The molecule has 0 N–H and O–H groups in total. The van der Waals surface area contributed by atoms with Crippen molar-refractivity contribution in [3.05, 3.63) is 53.7 Å². The third kappa shape index (κ3) is 2.72. The van der Waals surface area contributed by atoms with Crippen LogP contribution in [-0.2, 0) is 11.5 Å². The minimum Gasteiger partial charge on any atom is -0.243 e. The molecule has 2 rings (SSSR count). The molecule has 0 radical (unpaired) electrons. The first-order valence-electron chi connectivity index (χ1n) is 5.21. The van der Waals surface area contributed by atoms with Gasteiger partial charge >= 0.3 is 6.18 Å². The average Bonchev–Trinajstić information content (AvgIpc) is 2.38. The lowest BCUT2D eigenvalue weighted by Gasteiger charge is -2.11. The SMILES string of the molecule is FC(F)(F)c1ccc(CBr)c(-c2ccccc2)n1. The lowest BCUT2D eigenvalue weighted by Crippen LogP contribution is -2.09. The number of aromatic nitrogens is 1. The van der Waals surface area contributed by atoms with Crippen LogP contribution in [0.4, 0.5) is 13.2 Å². The van der Waals surface area contributed by atoms with Crippen molar-refractivity contribution >= 4 is 15.9 Å². The molecule has 0 aliphatic heterocycles. The summed E-state index contributed by atoms with van der Waals surface area (Å²) < 4.78 is 37.9. The fourth-order valence-corrected chi connectivity index (χ4v) is 2.05. The van der Waals surface area contributed by atoms with E-state index in [1.54, 1.807) is 24.3 Å². The molecule has 0 unspecified atom stereocenters. The van der Waals surface area contributed by atoms with Crippen LogP contribution >= 0.6 is 15.9 Å². The highest BCUT2D eigenvalue weighted by Gasteiger charge is 2.33. The molecule has 18 heavy (non-hydrogen) atoms. The van der Waals surface area contributed by atoms with E-state index in [0.717, 1.165) is 11.6 Å². The number of benzene rings is 1. The van der Waals surface area contributed by atoms with Gasteiger partial charge in [-0.25, -0.2) is 4.98 Å². The van der Waals surface area contributed by atoms with Crippen LogP contribution in [0.1, 0.15) is 11.3 Å². The second kappa shape index (κ2) is 5.10. The standard InChI is InChI=1S/C13H9BrF3N/c14-8-10-6-7-11(13(15,16)17)18-12(10)9-4-2-1-3-5-9/h1-7H,8H2. The van der Waals surface area contributed by atoms with Gasteiger partial charge in [0, 0.05) is 10.9 Å². The zero-order chi connectivity index (χ0) is 13.2. The van der Waals surface area contributed by atoms with Gasteiger partial charge in [0.05, 0.1) is 5.69 Å². The van der Waals surface area contributed by atoms with E-state index in [4.69, 9.17) is 0 Å². The van der Waals surface area contributed by atoms with Gasteiger partial charge in [-0.3, -0.25) is 0 Å². The van der Waals surface area contributed by atoms with E-state index < -0.39 is 11.9 Å². The molecular formula is C13H9BrF3N. The van der Waals surface area contributed by atoms with Crippen molar-refractivity contribution in [1.82, 2.24) is 4.98 Å². The molecular weight excluding hydrogens is 307 g/mol. The van der Waals surface area contributed by atoms with Gasteiger partial charge < -0.3 is 0 Å². The second-order valence-corrected chi connectivity index (χ2v) is 4.26. The van der Waals surface area contributed by atoms with Crippen molar-refractivity contribution in [2.75, 3.05) is 0 Å². The third-order valence-electron chi connectivity index (χ3n) is 2.46. The topological polar surface area (TPSA) is 12.9 Å². The summed E-state index contributed by atoms with van der Waals surface area (Å²) in [6.45, 7) is 0. The molecule has 0 fully saturated rings. The molecule has 1 aromatic heterocycles. The quantitative estimate of drug-likeness (QED) is 0.734. The van der Waals surface area contributed by atoms with Crippen LogP contribution in [0.2, 0.25) is 0 Å². The van der Waals surface area contributed by atoms with Crippen LogP contribution in [0.3, 0.4) is 0 Å². The smallest absolute Gasteiger partial charge is 0.243 e. The predicted octanol–water partition coefficient (Wildman–Crippen LogP) is 4.66. The average molecular weight is 316 g/mol. The Balaban J connectivity index is 2.57. The van der Waals surface area contributed by atoms with Gasteiger partial charge in [0.15, 0.2) is 0 Å². The zero-order valence-corrected chi connectivity index (χ0v) is 10.8. The van der Waals surface area contributed by atoms with Crippen LogP contribution in [0.25, 0.3) is 11.3 Å². The number of pyridine rings is 1. The van der Waals surface area contributed by atoms with Crippen LogP contribution in [0, 0.1) is 0 Å². The summed E-state index contributed by atoms with van der Waals surface area (Å²) in [7, 11) is 0.